The van der Waals surface area contributed by atoms with Crippen LogP contribution < -0.4 is 5.32 Å². The number of aryl methyl sites for hydroxylation is 2. The molecule has 2 heterocycles. The number of ether oxygens (including phenoxy) is 1. The van der Waals surface area contributed by atoms with Gasteiger partial charge in [-0.3, -0.25) is 19.7 Å². The van der Waals surface area contributed by atoms with Crippen LogP contribution in [0.4, 0.5) is 0 Å². The van der Waals surface area contributed by atoms with Gasteiger partial charge in [0.1, 0.15) is 0 Å². The minimum absolute atomic E-state index is 0.00395. The molecule has 1 N–H and O–H groups in total. The molecule has 0 saturated carbocycles. The Hall–Kier alpha value is -3.29. The van der Waals surface area contributed by atoms with E-state index in [0.717, 1.165) is 49.7 Å². The van der Waals surface area contributed by atoms with Crippen LogP contribution in [0, 0.1) is 0 Å². The largest absolute Gasteiger partial charge is 0.462 e. The van der Waals surface area contributed by atoms with Gasteiger partial charge in [0.2, 0.25) is 5.78 Å². The first kappa shape index (κ1) is 36.2. The fourth-order valence-corrected chi connectivity index (χ4v) is 5.65. The number of esters is 1. The predicted molar refractivity (Wildman–Crippen MR) is 183 cm³/mol. The first-order valence-electron chi connectivity index (χ1n) is 17.1. The van der Waals surface area contributed by atoms with Crippen LogP contribution in [0.5, 0.6) is 0 Å². The molecule has 0 aliphatic carbocycles. The molecule has 0 aliphatic heterocycles. The molecule has 3 rings (SSSR count). The second-order valence-electron chi connectivity index (χ2n) is 12.5. The Kier molecular flexibility index (Phi) is 15.0. The van der Waals surface area contributed by atoms with Crippen molar-refractivity contribution in [2.75, 3.05) is 26.2 Å². The molecular formula is C38H55N3O4. The monoisotopic (exact) mass is 617 g/mol. The molecule has 45 heavy (non-hydrogen) atoms. The minimum Gasteiger partial charge on any atom is -0.462 e. The van der Waals surface area contributed by atoms with Crippen molar-refractivity contribution in [1.82, 2.24) is 14.6 Å². The summed E-state index contributed by atoms with van der Waals surface area (Å²) in [5, 5.41) is 2.97. The maximum atomic E-state index is 13.9. The van der Waals surface area contributed by atoms with Crippen molar-refractivity contribution in [3.63, 3.8) is 0 Å². The Bertz CT molecular complexity index is 1370. The Labute approximate surface area is 270 Å². The summed E-state index contributed by atoms with van der Waals surface area (Å²) in [6.07, 6.45) is 11.5. The van der Waals surface area contributed by atoms with E-state index >= 15 is 0 Å². The normalized spacial score (nSPS) is 12.3. The molecule has 1 aromatic carbocycles. The molecule has 0 amide bonds. The molecule has 0 spiro atoms. The highest BCUT2D eigenvalue weighted by Gasteiger charge is 2.22. The number of ketones is 2. The summed E-state index contributed by atoms with van der Waals surface area (Å²) in [6.45, 7) is 15.4. The van der Waals surface area contributed by atoms with Crippen LogP contribution >= 0.6 is 0 Å². The van der Waals surface area contributed by atoms with E-state index in [1.807, 2.05) is 34.9 Å². The van der Waals surface area contributed by atoms with Gasteiger partial charge < -0.3 is 14.0 Å². The van der Waals surface area contributed by atoms with E-state index in [9.17, 15) is 14.4 Å². The highest BCUT2D eigenvalue weighted by Crippen LogP contribution is 2.24. The molecular weight excluding hydrogens is 562 g/mol. The van der Waals surface area contributed by atoms with Gasteiger partial charge in [0, 0.05) is 22.8 Å². The van der Waals surface area contributed by atoms with Gasteiger partial charge in [0.25, 0.3) is 0 Å². The van der Waals surface area contributed by atoms with E-state index in [0.29, 0.717) is 16.8 Å². The Morgan fingerprint density at radius 1 is 0.800 bits per heavy atom. The fourth-order valence-electron chi connectivity index (χ4n) is 5.65. The third-order valence-corrected chi connectivity index (χ3v) is 8.28. The van der Waals surface area contributed by atoms with Crippen molar-refractivity contribution in [2.24, 2.45) is 0 Å². The lowest BCUT2D eigenvalue weighted by atomic mass is 10.00. The maximum absolute atomic E-state index is 13.9. The van der Waals surface area contributed by atoms with E-state index in [1.165, 1.54) is 44.3 Å². The van der Waals surface area contributed by atoms with E-state index in [1.54, 1.807) is 26.8 Å². The molecule has 0 radical (unpaired) electrons. The van der Waals surface area contributed by atoms with Crippen molar-refractivity contribution in [3.05, 3.63) is 76.6 Å². The molecule has 0 bridgehead atoms. The van der Waals surface area contributed by atoms with Crippen LogP contribution in [-0.4, -0.2) is 65.2 Å². The number of fused-ring (bicyclic) bond motifs is 1. The van der Waals surface area contributed by atoms with Gasteiger partial charge in [-0.15, -0.1) is 0 Å². The smallest absolute Gasteiger partial charge is 0.320 e. The number of carbonyl (C=O) groups excluding carboxylic acids is 3. The summed E-state index contributed by atoms with van der Waals surface area (Å²) in [5.41, 5.74) is 4.94. The Morgan fingerprint density at radius 2 is 1.44 bits per heavy atom. The Morgan fingerprint density at radius 3 is 2.07 bits per heavy atom. The highest BCUT2D eigenvalue weighted by molar-refractivity contribution is 6.10. The van der Waals surface area contributed by atoms with E-state index in [-0.39, 0.29) is 30.2 Å². The average Bonchev–Trinajstić information content (AvgIpc) is 3.40. The second-order valence-corrected chi connectivity index (χ2v) is 12.5. The van der Waals surface area contributed by atoms with Crippen LogP contribution in [0.15, 0.2) is 48.7 Å². The number of hydrogen-bond donors (Lipinski definition) is 1. The van der Waals surface area contributed by atoms with Crippen molar-refractivity contribution < 1.29 is 19.1 Å². The standard InChI is InChI=1S/C38H55N3O4/c1-7-10-15-32-25-34-26-33(37(43)29(6)39-27-35(42)45-28(4)5)20-24-41(34)36(32)38(44)31-18-16-30(17-19-31)14-13-23-40(21-11-8-2)22-12-9-3/h16-20,24-26,28-29,39H,7-15,21-23,27H2,1-6H3. The average molecular weight is 618 g/mol. The van der Waals surface area contributed by atoms with Crippen LogP contribution in [0.25, 0.3) is 5.52 Å². The summed E-state index contributed by atoms with van der Waals surface area (Å²) >= 11 is 0. The number of nitrogens with one attached hydrogen (secondary N) is 1. The van der Waals surface area contributed by atoms with E-state index in [2.05, 4.69) is 43.1 Å². The number of hydrogen-bond acceptors (Lipinski definition) is 6. The van der Waals surface area contributed by atoms with Crippen molar-refractivity contribution in [2.45, 2.75) is 111 Å². The van der Waals surface area contributed by atoms with Crippen molar-refractivity contribution in [3.8, 4) is 0 Å². The Balaban J connectivity index is 1.74. The maximum Gasteiger partial charge on any atom is 0.320 e. The van der Waals surface area contributed by atoms with Gasteiger partial charge in [0.05, 0.1) is 24.4 Å². The summed E-state index contributed by atoms with van der Waals surface area (Å²) in [4.78, 5) is 41.6. The molecule has 0 fully saturated rings. The lowest BCUT2D eigenvalue weighted by Crippen LogP contribution is -2.38. The number of aromatic nitrogens is 1. The second kappa shape index (κ2) is 18.6. The van der Waals surface area contributed by atoms with Crippen molar-refractivity contribution >= 4 is 23.1 Å². The van der Waals surface area contributed by atoms with E-state index < -0.39 is 6.04 Å². The van der Waals surface area contributed by atoms with Crippen LogP contribution in [0.2, 0.25) is 0 Å². The van der Waals surface area contributed by atoms with Crippen LogP contribution in [0.1, 0.15) is 124 Å². The number of carbonyl (C=O) groups is 3. The van der Waals surface area contributed by atoms with Gasteiger partial charge in [0.15, 0.2) is 5.78 Å². The summed E-state index contributed by atoms with van der Waals surface area (Å²) in [5.74, 6) is -0.510. The van der Waals surface area contributed by atoms with Gasteiger partial charge in [-0.25, -0.2) is 0 Å². The van der Waals surface area contributed by atoms with Gasteiger partial charge >= 0.3 is 5.97 Å². The van der Waals surface area contributed by atoms with Crippen LogP contribution in [0.3, 0.4) is 0 Å². The highest BCUT2D eigenvalue weighted by atomic mass is 16.5. The van der Waals surface area contributed by atoms with Gasteiger partial charge in [-0.1, -0.05) is 64.3 Å². The molecule has 0 saturated heterocycles. The molecule has 7 nitrogen and oxygen atoms in total. The molecule has 246 valence electrons. The number of nitrogens with zero attached hydrogens (tertiary/aromatic N) is 2. The lowest BCUT2D eigenvalue weighted by molar-refractivity contribution is -0.146. The zero-order valence-electron chi connectivity index (χ0n) is 28.5. The van der Waals surface area contributed by atoms with Gasteiger partial charge in [-0.05, 0) is 108 Å². The number of unbranched alkanes of at least 4 members (excludes halogenated alkanes) is 3. The zero-order valence-corrected chi connectivity index (χ0v) is 28.5. The summed E-state index contributed by atoms with van der Waals surface area (Å²) < 4.78 is 7.07. The molecule has 7 heteroatoms. The summed E-state index contributed by atoms with van der Waals surface area (Å²) in [6, 6.07) is 13.2. The quantitative estimate of drug-likeness (QED) is 0.0988. The van der Waals surface area contributed by atoms with Crippen molar-refractivity contribution in [1.29, 1.82) is 0 Å². The topological polar surface area (TPSA) is 80.1 Å². The molecule has 1 unspecified atom stereocenters. The number of pyridine rings is 1. The molecule has 0 aliphatic rings. The zero-order chi connectivity index (χ0) is 32.8. The lowest BCUT2D eigenvalue weighted by Gasteiger charge is -2.21. The third-order valence-electron chi connectivity index (χ3n) is 8.28. The first-order valence-corrected chi connectivity index (χ1v) is 17.1. The molecule has 1 atom stereocenters. The molecule has 3 aromatic rings. The summed E-state index contributed by atoms with van der Waals surface area (Å²) in [7, 11) is 0. The third kappa shape index (κ3) is 10.9. The number of Topliss-reactive ketones (excluding diaryl/α,β-unsaturated/α-hetero) is 1. The SMILES string of the molecule is CCCCc1cc2cc(C(=O)C(C)NCC(=O)OC(C)C)ccn2c1C(=O)c1ccc(CCCN(CCCC)CCCC)cc1. The number of rotatable bonds is 21. The fraction of sp³-hybridized carbons (Fsp3) is 0.553. The van der Waals surface area contributed by atoms with Gasteiger partial charge in [-0.2, -0.15) is 0 Å². The van der Waals surface area contributed by atoms with Crippen LogP contribution in [-0.2, 0) is 22.4 Å². The predicted octanol–water partition coefficient (Wildman–Crippen LogP) is 7.46. The number of benzene rings is 1. The minimum atomic E-state index is -0.558. The molecule has 2 aromatic heterocycles. The van der Waals surface area contributed by atoms with E-state index in [4.69, 9.17) is 4.74 Å². The first-order chi connectivity index (χ1) is 21.7.